The number of benzene rings is 1. The van der Waals surface area contributed by atoms with Crippen LogP contribution < -0.4 is 5.32 Å². The number of phenols is 1. The summed E-state index contributed by atoms with van der Waals surface area (Å²) >= 11 is 0. The highest BCUT2D eigenvalue weighted by Crippen LogP contribution is 2.40. The van der Waals surface area contributed by atoms with E-state index in [1.54, 1.807) is 6.07 Å². The molecule has 3 fully saturated rings. The van der Waals surface area contributed by atoms with E-state index >= 15 is 0 Å². The molecular weight excluding hydrogens is 498 g/mol. The van der Waals surface area contributed by atoms with E-state index in [4.69, 9.17) is 0 Å². The van der Waals surface area contributed by atoms with E-state index in [2.05, 4.69) is 48.2 Å². The predicted molar refractivity (Wildman–Crippen MR) is 159 cm³/mol. The Balaban J connectivity index is 0.981. The number of phenolic OH excluding ortho intramolecular Hbond substituents is 1. The van der Waals surface area contributed by atoms with E-state index in [1.165, 1.54) is 82.5 Å². The third-order valence-electron chi connectivity index (χ3n) is 10.4. The van der Waals surface area contributed by atoms with E-state index < -0.39 is 0 Å². The number of hydrogen-bond donors (Lipinski definition) is 3. The van der Waals surface area contributed by atoms with Crippen LogP contribution in [0.25, 0.3) is 22.3 Å². The number of hydrogen-bond acceptors (Lipinski definition) is 7. The summed E-state index contributed by atoms with van der Waals surface area (Å²) < 4.78 is 0. The van der Waals surface area contributed by atoms with E-state index in [0.29, 0.717) is 12.1 Å². The Hall–Kier alpha value is -2.52. The first-order chi connectivity index (χ1) is 19.6. The van der Waals surface area contributed by atoms with E-state index in [9.17, 15) is 5.11 Å². The smallest absolute Gasteiger partial charge is 0.160 e. The van der Waals surface area contributed by atoms with Crippen LogP contribution in [0.1, 0.15) is 62.7 Å². The van der Waals surface area contributed by atoms with Crippen LogP contribution in [0.2, 0.25) is 0 Å². The number of fused-ring (bicyclic) bond motifs is 3. The molecule has 40 heavy (non-hydrogen) atoms. The Morgan fingerprint density at radius 2 is 1.68 bits per heavy atom. The van der Waals surface area contributed by atoms with Gasteiger partial charge in [0.2, 0.25) is 0 Å². The highest BCUT2D eigenvalue weighted by molar-refractivity contribution is 5.86. The second kappa shape index (κ2) is 11.4. The Labute approximate surface area is 238 Å². The minimum atomic E-state index is 0.245. The van der Waals surface area contributed by atoms with Gasteiger partial charge in [-0.05, 0) is 88.2 Å². The van der Waals surface area contributed by atoms with Gasteiger partial charge in [0.15, 0.2) is 5.65 Å². The predicted octanol–water partition coefficient (Wildman–Crippen LogP) is 4.18. The van der Waals surface area contributed by atoms with Crippen molar-refractivity contribution in [2.75, 3.05) is 52.4 Å². The molecule has 8 heteroatoms. The molecule has 1 aromatic carbocycles. The van der Waals surface area contributed by atoms with Crippen LogP contribution in [0, 0.1) is 5.92 Å². The molecule has 0 radical (unpaired) electrons. The molecule has 0 bridgehead atoms. The van der Waals surface area contributed by atoms with Crippen molar-refractivity contribution in [3.05, 3.63) is 41.6 Å². The number of aromatic nitrogens is 3. The first kappa shape index (κ1) is 26.4. The molecule has 3 N–H and O–H groups in total. The van der Waals surface area contributed by atoms with Crippen molar-refractivity contribution in [2.24, 2.45) is 5.92 Å². The number of rotatable bonds is 5. The lowest BCUT2D eigenvalue weighted by Gasteiger charge is -2.46. The Morgan fingerprint density at radius 3 is 2.45 bits per heavy atom. The summed E-state index contributed by atoms with van der Waals surface area (Å²) in [5.74, 6) is 1.15. The largest absolute Gasteiger partial charge is 0.507 e. The van der Waals surface area contributed by atoms with Gasteiger partial charge >= 0.3 is 0 Å². The molecule has 1 saturated carbocycles. The average Bonchev–Trinajstić information content (AvgIpc) is 3.37. The molecule has 5 heterocycles. The minimum absolute atomic E-state index is 0.245. The van der Waals surface area contributed by atoms with Crippen LogP contribution in [0.3, 0.4) is 0 Å². The fourth-order valence-corrected chi connectivity index (χ4v) is 8.19. The van der Waals surface area contributed by atoms with Crippen LogP contribution in [0.15, 0.2) is 30.3 Å². The molecular formula is C32H45N7O. The lowest BCUT2D eigenvalue weighted by atomic mass is 9.84. The molecule has 8 nitrogen and oxygen atoms in total. The van der Waals surface area contributed by atoms with Crippen molar-refractivity contribution >= 4 is 11.0 Å². The van der Waals surface area contributed by atoms with E-state index in [0.717, 1.165) is 60.3 Å². The summed E-state index contributed by atoms with van der Waals surface area (Å²) in [6.45, 7) is 12.1. The first-order valence-corrected chi connectivity index (χ1v) is 15.7. The van der Waals surface area contributed by atoms with Gasteiger partial charge in [-0.2, -0.15) is 0 Å². The third kappa shape index (κ3) is 5.15. The van der Waals surface area contributed by atoms with Crippen LogP contribution in [-0.2, 0) is 6.42 Å². The van der Waals surface area contributed by atoms with Crippen molar-refractivity contribution in [3.63, 3.8) is 0 Å². The minimum Gasteiger partial charge on any atom is -0.507 e. The zero-order chi connectivity index (χ0) is 27.1. The second-order valence-electron chi connectivity index (χ2n) is 12.7. The molecule has 2 saturated heterocycles. The van der Waals surface area contributed by atoms with Gasteiger partial charge < -0.3 is 25.2 Å². The number of piperidine rings is 1. The van der Waals surface area contributed by atoms with Gasteiger partial charge in [-0.1, -0.05) is 12.1 Å². The summed E-state index contributed by atoms with van der Waals surface area (Å²) in [6, 6.07) is 11.3. The average molecular weight is 544 g/mol. The molecule has 1 atom stereocenters. The number of para-hydroxylation sites is 1. The summed E-state index contributed by atoms with van der Waals surface area (Å²) in [5, 5.41) is 24.0. The van der Waals surface area contributed by atoms with Gasteiger partial charge in [-0.25, -0.2) is 0 Å². The molecule has 3 aliphatic heterocycles. The van der Waals surface area contributed by atoms with Gasteiger partial charge in [0.05, 0.1) is 5.69 Å². The number of nitrogens with zero attached hydrogens (tertiary/aromatic N) is 5. The van der Waals surface area contributed by atoms with Crippen molar-refractivity contribution in [3.8, 4) is 17.0 Å². The van der Waals surface area contributed by atoms with Crippen LogP contribution in [0.4, 0.5) is 0 Å². The number of nitrogens with one attached hydrogen (secondary N) is 2. The maximum atomic E-state index is 10.4. The van der Waals surface area contributed by atoms with Crippen molar-refractivity contribution in [1.82, 2.24) is 35.2 Å². The maximum Gasteiger partial charge on any atom is 0.160 e. The zero-order valence-electron chi connectivity index (χ0n) is 24.0. The number of piperazine rings is 1. The lowest BCUT2D eigenvalue weighted by molar-refractivity contribution is 0.0415. The highest BCUT2D eigenvalue weighted by atomic mass is 16.3. The molecule has 3 aromatic rings. The zero-order valence-corrected chi connectivity index (χ0v) is 24.0. The number of aromatic hydroxyl groups is 1. The van der Waals surface area contributed by atoms with Crippen LogP contribution >= 0.6 is 0 Å². The molecule has 4 aliphatic rings. The summed E-state index contributed by atoms with van der Waals surface area (Å²) in [6.07, 6.45) is 9.16. The molecule has 0 spiro atoms. The van der Waals surface area contributed by atoms with Gasteiger partial charge in [0.1, 0.15) is 5.75 Å². The molecule has 0 amide bonds. The fraction of sp³-hybridized carbons (Fsp3) is 0.625. The van der Waals surface area contributed by atoms with E-state index in [-0.39, 0.29) is 5.75 Å². The van der Waals surface area contributed by atoms with Gasteiger partial charge in [0, 0.05) is 80.5 Å². The van der Waals surface area contributed by atoms with Crippen molar-refractivity contribution < 1.29 is 5.11 Å². The molecule has 0 unspecified atom stereocenters. The SMILES string of the molecule is C[C@@H]1c2c([nH]c3nnc(-c4ccccc4O)cc23)CCN1C1CCN([C@H]2CC[C@@H](CN3CCNCC3)CC2)CC1. The van der Waals surface area contributed by atoms with Gasteiger partial charge in [-0.3, -0.25) is 4.90 Å². The Kier molecular flexibility index (Phi) is 7.52. The lowest BCUT2D eigenvalue weighted by Crippen LogP contribution is -2.51. The maximum absolute atomic E-state index is 10.4. The topological polar surface area (TPSA) is 83.5 Å². The van der Waals surface area contributed by atoms with Crippen molar-refractivity contribution in [1.29, 1.82) is 0 Å². The summed E-state index contributed by atoms with van der Waals surface area (Å²) in [5.41, 5.74) is 5.00. The number of H-pyrrole nitrogens is 1. The van der Waals surface area contributed by atoms with E-state index in [1.807, 2.05) is 18.2 Å². The van der Waals surface area contributed by atoms with Gasteiger partial charge in [0.25, 0.3) is 0 Å². The normalized spacial score (nSPS) is 27.7. The third-order valence-corrected chi connectivity index (χ3v) is 10.4. The fourth-order valence-electron chi connectivity index (χ4n) is 8.19. The molecule has 1 aliphatic carbocycles. The summed E-state index contributed by atoms with van der Waals surface area (Å²) in [4.78, 5) is 11.8. The van der Waals surface area contributed by atoms with Crippen LogP contribution in [-0.4, -0.2) is 99.4 Å². The van der Waals surface area contributed by atoms with Crippen molar-refractivity contribution in [2.45, 2.75) is 70.0 Å². The number of likely N-dealkylation sites (tertiary alicyclic amines) is 1. The first-order valence-electron chi connectivity index (χ1n) is 15.7. The van der Waals surface area contributed by atoms with Gasteiger partial charge in [-0.15, -0.1) is 10.2 Å². The molecule has 214 valence electrons. The number of aromatic amines is 1. The standard InChI is InChI=1S/C32H45N7O/c1-22-31-27-20-29(26-4-2-3-5-30(26)40)35-36-32(27)34-28(31)12-17-39(22)25-10-15-38(16-11-25)24-8-6-23(7-9-24)21-37-18-13-33-14-19-37/h2-5,20,22-25,33,40H,6-19,21H2,1H3,(H,34,36)/t22-,23-,24+/m1/s1. The Bertz CT molecular complexity index is 1300. The Morgan fingerprint density at radius 1 is 0.900 bits per heavy atom. The molecule has 7 rings (SSSR count). The monoisotopic (exact) mass is 543 g/mol. The summed E-state index contributed by atoms with van der Waals surface area (Å²) in [7, 11) is 0. The molecule has 2 aromatic heterocycles. The quantitative estimate of drug-likeness (QED) is 0.445. The van der Waals surface area contributed by atoms with Crippen LogP contribution in [0.5, 0.6) is 5.75 Å². The second-order valence-corrected chi connectivity index (χ2v) is 12.7. The highest BCUT2D eigenvalue weighted by Gasteiger charge is 2.36.